The zero-order valence-corrected chi connectivity index (χ0v) is 15.3. The fourth-order valence-corrected chi connectivity index (χ4v) is 3.07. The van der Waals surface area contributed by atoms with Gasteiger partial charge in [-0.3, -0.25) is 4.79 Å². The van der Waals surface area contributed by atoms with Gasteiger partial charge in [-0.15, -0.1) is 0 Å². The van der Waals surface area contributed by atoms with Crippen molar-refractivity contribution in [2.45, 2.75) is 32.5 Å². The number of rotatable bonds is 6. The number of halogens is 4. The summed E-state index contributed by atoms with van der Waals surface area (Å²) in [5.74, 6) is 0.0195. The van der Waals surface area contributed by atoms with Gasteiger partial charge in [-0.25, -0.2) is 0 Å². The number of Topliss-reactive ketones (excluding diaryl/α,β-unsaturated/α-hetero) is 1. The molecule has 2 aromatic rings. The summed E-state index contributed by atoms with van der Waals surface area (Å²) in [4.78, 5) is 12.8. The summed E-state index contributed by atoms with van der Waals surface area (Å²) in [7, 11) is 0. The fourth-order valence-electron chi connectivity index (χ4n) is 3.07. The van der Waals surface area contributed by atoms with Crippen LogP contribution in [0.3, 0.4) is 0 Å². The van der Waals surface area contributed by atoms with Crippen LogP contribution < -0.4 is 9.47 Å². The molecule has 0 N–H and O–H groups in total. The molecule has 3 nitrogen and oxygen atoms in total. The molecule has 0 amide bonds. The number of carbonyl (C=O) groups excluding carboxylic acids is 1. The molecule has 0 heterocycles. The van der Waals surface area contributed by atoms with Crippen molar-refractivity contribution in [1.82, 2.24) is 0 Å². The van der Waals surface area contributed by atoms with Crippen LogP contribution >= 0.6 is 0 Å². The Bertz CT molecular complexity index is 827. The first-order valence-electron chi connectivity index (χ1n) is 8.96. The van der Waals surface area contributed by atoms with Gasteiger partial charge in [-0.1, -0.05) is 24.3 Å². The first-order valence-corrected chi connectivity index (χ1v) is 8.96. The molecule has 2 aromatic carbocycles. The van der Waals surface area contributed by atoms with Crippen molar-refractivity contribution in [3.8, 4) is 11.5 Å². The van der Waals surface area contributed by atoms with Crippen LogP contribution in [-0.4, -0.2) is 19.0 Å². The SMILES string of the molecule is O=C1/C(=C/c2ccc(OC(F)F)cc2)CCC/C1=C\c1ccc(OC(F)F)cc1. The molecule has 0 atom stereocenters. The van der Waals surface area contributed by atoms with E-state index in [1.54, 1.807) is 36.4 Å². The number of ketones is 1. The summed E-state index contributed by atoms with van der Waals surface area (Å²) in [5, 5.41) is 0. The Labute approximate surface area is 165 Å². The van der Waals surface area contributed by atoms with Crippen molar-refractivity contribution >= 4 is 17.9 Å². The molecule has 1 saturated carbocycles. The minimum Gasteiger partial charge on any atom is -0.435 e. The lowest BCUT2D eigenvalue weighted by Gasteiger charge is -2.17. The Morgan fingerprint density at radius 3 is 1.41 bits per heavy atom. The van der Waals surface area contributed by atoms with E-state index in [0.717, 1.165) is 6.42 Å². The summed E-state index contributed by atoms with van der Waals surface area (Å²) < 4.78 is 57.5. The van der Waals surface area contributed by atoms with E-state index in [0.29, 0.717) is 35.1 Å². The molecular formula is C22H18F4O3. The second kappa shape index (κ2) is 9.41. The zero-order valence-electron chi connectivity index (χ0n) is 15.3. The monoisotopic (exact) mass is 406 g/mol. The number of ether oxygens (including phenoxy) is 2. The van der Waals surface area contributed by atoms with Gasteiger partial charge in [0.2, 0.25) is 0 Å². The molecule has 0 bridgehead atoms. The average molecular weight is 406 g/mol. The van der Waals surface area contributed by atoms with Crippen LogP contribution in [0.1, 0.15) is 30.4 Å². The van der Waals surface area contributed by atoms with Gasteiger partial charge < -0.3 is 9.47 Å². The second-order valence-corrected chi connectivity index (χ2v) is 6.42. The Kier molecular flexibility index (Phi) is 6.69. The van der Waals surface area contributed by atoms with Gasteiger partial charge >= 0.3 is 13.2 Å². The summed E-state index contributed by atoms with van der Waals surface area (Å²) in [5.41, 5.74) is 2.68. The summed E-state index contributed by atoms with van der Waals surface area (Å²) >= 11 is 0. The van der Waals surface area contributed by atoms with E-state index in [1.807, 2.05) is 0 Å². The smallest absolute Gasteiger partial charge is 0.387 e. The number of alkyl halides is 4. The lowest BCUT2D eigenvalue weighted by atomic mass is 9.87. The van der Waals surface area contributed by atoms with Crippen LogP contribution in [0.15, 0.2) is 59.7 Å². The second-order valence-electron chi connectivity index (χ2n) is 6.42. The zero-order chi connectivity index (χ0) is 20.8. The highest BCUT2D eigenvalue weighted by Crippen LogP contribution is 2.29. The van der Waals surface area contributed by atoms with Crippen LogP contribution in [0, 0.1) is 0 Å². The molecule has 0 saturated heterocycles. The van der Waals surface area contributed by atoms with Gasteiger partial charge in [-0.2, -0.15) is 17.6 Å². The summed E-state index contributed by atoms with van der Waals surface area (Å²) in [6.07, 6.45) is 5.50. The van der Waals surface area contributed by atoms with E-state index in [1.165, 1.54) is 24.3 Å². The third-order valence-electron chi connectivity index (χ3n) is 4.37. The highest BCUT2D eigenvalue weighted by atomic mass is 19.3. The van der Waals surface area contributed by atoms with Gasteiger partial charge in [0, 0.05) is 11.1 Å². The van der Waals surface area contributed by atoms with Gasteiger partial charge in [0.25, 0.3) is 0 Å². The summed E-state index contributed by atoms with van der Waals surface area (Å²) in [6, 6.07) is 12.1. The van der Waals surface area contributed by atoms with Crippen molar-refractivity contribution < 1.29 is 31.8 Å². The first-order chi connectivity index (χ1) is 13.9. The third kappa shape index (κ3) is 5.94. The molecule has 7 heteroatoms. The van der Waals surface area contributed by atoms with Crippen LogP contribution in [0.25, 0.3) is 12.2 Å². The van der Waals surface area contributed by atoms with Crippen molar-refractivity contribution in [2.24, 2.45) is 0 Å². The van der Waals surface area contributed by atoms with E-state index in [-0.39, 0.29) is 17.3 Å². The molecule has 0 aromatic heterocycles. The highest BCUT2D eigenvalue weighted by Gasteiger charge is 2.20. The lowest BCUT2D eigenvalue weighted by Crippen LogP contribution is -2.12. The first kappa shape index (κ1) is 20.6. The molecule has 1 fully saturated rings. The average Bonchev–Trinajstić information content (AvgIpc) is 2.67. The van der Waals surface area contributed by atoms with Gasteiger partial charge in [0.05, 0.1) is 0 Å². The lowest BCUT2D eigenvalue weighted by molar-refractivity contribution is -0.112. The Balaban J connectivity index is 1.74. The van der Waals surface area contributed by atoms with Crippen molar-refractivity contribution in [3.05, 3.63) is 70.8 Å². The van der Waals surface area contributed by atoms with E-state index in [4.69, 9.17) is 0 Å². The highest BCUT2D eigenvalue weighted by molar-refractivity contribution is 6.13. The number of hydrogen-bond acceptors (Lipinski definition) is 3. The molecule has 1 aliphatic carbocycles. The number of benzene rings is 2. The van der Waals surface area contributed by atoms with Gasteiger partial charge in [0.15, 0.2) is 5.78 Å². The van der Waals surface area contributed by atoms with Crippen molar-refractivity contribution in [2.75, 3.05) is 0 Å². The Morgan fingerprint density at radius 1 is 0.690 bits per heavy atom. The largest absolute Gasteiger partial charge is 0.435 e. The molecule has 1 aliphatic rings. The predicted octanol–water partition coefficient (Wildman–Crippen LogP) is 6.11. The van der Waals surface area contributed by atoms with Gasteiger partial charge in [-0.05, 0) is 66.8 Å². The number of carbonyl (C=O) groups is 1. The maximum absolute atomic E-state index is 12.8. The molecule has 29 heavy (non-hydrogen) atoms. The molecule has 152 valence electrons. The normalized spacial score (nSPS) is 17.4. The van der Waals surface area contributed by atoms with Gasteiger partial charge in [0.1, 0.15) is 11.5 Å². The standard InChI is InChI=1S/C22H18F4O3/c23-21(24)28-18-8-4-14(5-9-18)12-16-2-1-3-17(20(16)27)13-15-6-10-19(11-7-15)29-22(25)26/h4-13,21-22H,1-3H2/b16-12+,17-13+. The number of allylic oxidation sites excluding steroid dienone is 2. The molecule has 0 aliphatic heterocycles. The quantitative estimate of drug-likeness (QED) is 0.429. The minimum absolute atomic E-state index is 0.0528. The molecule has 0 unspecified atom stereocenters. The van der Waals surface area contributed by atoms with Crippen LogP contribution in [0.4, 0.5) is 17.6 Å². The number of hydrogen-bond donors (Lipinski definition) is 0. The molecule has 3 rings (SSSR count). The van der Waals surface area contributed by atoms with Crippen molar-refractivity contribution in [1.29, 1.82) is 0 Å². The predicted molar refractivity (Wildman–Crippen MR) is 101 cm³/mol. The van der Waals surface area contributed by atoms with Crippen molar-refractivity contribution in [3.63, 3.8) is 0 Å². The Hall–Kier alpha value is -3.09. The van der Waals surface area contributed by atoms with E-state index >= 15 is 0 Å². The van der Waals surface area contributed by atoms with E-state index < -0.39 is 13.2 Å². The topological polar surface area (TPSA) is 35.5 Å². The fraction of sp³-hybridized carbons (Fsp3) is 0.227. The van der Waals surface area contributed by atoms with E-state index in [2.05, 4.69) is 9.47 Å². The van der Waals surface area contributed by atoms with Crippen LogP contribution in [-0.2, 0) is 4.79 Å². The summed E-state index contributed by atoms with van der Waals surface area (Å²) in [6.45, 7) is -5.77. The van der Waals surface area contributed by atoms with E-state index in [9.17, 15) is 22.4 Å². The maximum Gasteiger partial charge on any atom is 0.387 e. The Morgan fingerprint density at radius 2 is 1.07 bits per heavy atom. The molecule has 0 radical (unpaired) electrons. The maximum atomic E-state index is 12.8. The van der Waals surface area contributed by atoms with Crippen LogP contribution in [0.2, 0.25) is 0 Å². The minimum atomic E-state index is -2.89. The molecular weight excluding hydrogens is 388 g/mol. The van der Waals surface area contributed by atoms with Crippen LogP contribution in [0.5, 0.6) is 11.5 Å². The third-order valence-corrected chi connectivity index (χ3v) is 4.37. The molecule has 0 spiro atoms.